The van der Waals surface area contributed by atoms with Gasteiger partial charge in [-0.2, -0.15) is 0 Å². The predicted octanol–water partition coefficient (Wildman–Crippen LogP) is 3.45. The molecule has 0 bridgehead atoms. The van der Waals surface area contributed by atoms with Gasteiger partial charge in [-0.3, -0.25) is 0 Å². The third-order valence-corrected chi connectivity index (χ3v) is 3.43. The summed E-state index contributed by atoms with van der Waals surface area (Å²) in [6.45, 7) is 2.57. The molecule has 0 fully saturated rings. The fourth-order valence-electron chi connectivity index (χ4n) is 2.58. The predicted molar refractivity (Wildman–Crippen MR) is 71.0 cm³/mol. The number of nitrogens with zero attached hydrogens (tertiary/aromatic N) is 1. The molecule has 3 heteroatoms. The number of halogens is 1. The standard InChI is InChI=1S/C15H14FNO/c1-2-17-14-6-4-3-5-11(14)12-7-10(9-18)13(16)8-15(12)17/h3-8,18H,2,9H2,1H3. The maximum atomic E-state index is 13.8. The van der Waals surface area contributed by atoms with Crippen molar-refractivity contribution in [1.82, 2.24) is 4.57 Å². The molecule has 92 valence electrons. The van der Waals surface area contributed by atoms with Crippen LogP contribution < -0.4 is 0 Å². The SMILES string of the molecule is CCn1c2ccccc2c2cc(CO)c(F)cc21. The lowest BCUT2D eigenvalue weighted by atomic mass is 10.1. The Morgan fingerprint density at radius 1 is 1.11 bits per heavy atom. The van der Waals surface area contributed by atoms with E-state index in [4.69, 9.17) is 5.11 Å². The Labute approximate surface area is 104 Å². The molecule has 0 unspecified atom stereocenters. The van der Waals surface area contributed by atoms with E-state index in [-0.39, 0.29) is 12.4 Å². The van der Waals surface area contributed by atoms with Crippen molar-refractivity contribution in [1.29, 1.82) is 0 Å². The maximum absolute atomic E-state index is 13.8. The monoisotopic (exact) mass is 243 g/mol. The van der Waals surface area contributed by atoms with E-state index in [0.29, 0.717) is 5.56 Å². The highest BCUT2D eigenvalue weighted by Gasteiger charge is 2.12. The molecule has 3 aromatic rings. The second-order valence-electron chi connectivity index (χ2n) is 4.38. The Hall–Kier alpha value is -1.87. The summed E-state index contributed by atoms with van der Waals surface area (Å²) in [6, 6.07) is 11.3. The second-order valence-corrected chi connectivity index (χ2v) is 4.38. The molecule has 0 aliphatic carbocycles. The fraction of sp³-hybridized carbons (Fsp3) is 0.200. The zero-order chi connectivity index (χ0) is 12.7. The Kier molecular flexibility index (Phi) is 2.56. The van der Waals surface area contributed by atoms with E-state index in [1.54, 1.807) is 6.07 Å². The minimum atomic E-state index is -0.345. The number of rotatable bonds is 2. The van der Waals surface area contributed by atoms with E-state index in [0.717, 1.165) is 28.4 Å². The smallest absolute Gasteiger partial charge is 0.130 e. The van der Waals surface area contributed by atoms with Crippen LogP contribution >= 0.6 is 0 Å². The van der Waals surface area contributed by atoms with E-state index < -0.39 is 0 Å². The van der Waals surface area contributed by atoms with Gasteiger partial charge >= 0.3 is 0 Å². The lowest BCUT2D eigenvalue weighted by molar-refractivity contribution is 0.276. The van der Waals surface area contributed by atoms with Crippen molar-refractivity contribution in [2.75, 3.05) is 0 Å². The Morgan fingerprint density at radius 3 is 2.61 bits per heavy atom. The van der Waals surface area contributed by atoms with Crippen LogP contribution in [0.15, 0.2) is 36.4 Å². The minimum Gasteiger partial charge on any atom is -0.392 e. The zero-order valence-corrected chi connectivity index (χ0v) is 10.2. The molecule has 0 aliphatic rings. The number of aliphatic hydroxyl groups excluding tert-OH is 1. The molecule has 0 saturated heterocycles. The molecule has 3 rings (SSSR count). The summed E-state index contributed by atoms with van der Waals surface area (Å²) in [4.78, 5) is 0. The van der Waals surface area contributed by atoms with Crippen LogP contribution in [0, 0.1) is 5.82 Å². The molecule has 1 heterocycles. The van der Waals surface area contributed by atoms with E-state index >= 15 is 0 Å². The van der Waals surface area contributed by atoms with Crippen LogP contribution in [0.1, 0.15) is 12.5 Å². The van der Waals surface area contributed by atoms with Crippen LogP contribution in [-0.2, 0) is 13.2 Å². The lowest BCUT2D eigenvalue weighted by Crippen LogP contribution is -1.95. The van der Waals surface area contributed by atoms with Crippen LogP contribution in [0.3, 0.4) is 0 Å². The fourth-order valence-corrected chi connectivity index (χ4v) is 2.58. The highest BCUT2D eigenvalue weighted by atomic mass is 19.1. The van der Waals surface area contributed by atoms with Crippen LogP contribution in [0.2, 0.25) is 0 Å². The molecule has 0 aliphatic heterocycles. The van der Waals surface area contributed by atoms with Crippen molar-refractivity contribution < 1.29 is 9.50 Å². The van der Waals surface area contributed by atoms with Gasteiger partial charge in [-0.15, -0.1) is 0 Å². The molecular formula is C15H14FNO. The first-order chi connectivity index (χ1) is 8.76. The summed E-state index contributed by atoms with van der Waals surface area (Å²) in [5, 5.41) is 11.3. The maximum Gasteiger partial charge on any atom is 0.130 e. The molecule has 1 N–H and O–H groups in total. The van der Waals surface area contributed by atoms with E-state index in [9.17, 15) is 4.39 Å². The topological polar surface area (TPSA) is 25.2 Å². The van der Waals surface area contributed by atoms with Crippen molar-refractivity contribution in [3.63, 3.8) is 0 Å². The summed E-state index contributed by atoms with van der Waals surface area (Å²) in [7, 11) is 0. The molecule has 1 aromatic heterocycles. The van der Waals surface area contributed by atoms with Gasteiger partial charge in [0, 0.05) is 28.4 Å². The van der Waals surface area contributed by atoms with Crippen molar-refractivity contribution in [3.8, 4) is 0 Å². The number of hydrogen-bond donors (Lipinski definition) is 1. The Bertz CT molecular complexity index is 730. The summed E-state index contributed by atoms with van der Waals surface area (Å²) >= 11 is 0. The third kappa shape index (κ3) is 1.44. The number of aryl methyl sites for hydroxylation is 1. The number of para-hydroxylation sites is 1. The molecular weight excluding hydrogens is 229 g/mol. The highest BCUT2D eigenvalue weighted by Crippen LogP contribution is 2.30. The van der Waals surface area contributed by atoms with Crippen molar-refractivity contribution in [2.45, 2.75) is 20.1 Å². The van der Waals surface area contributed by atoms with Crippen LogP contribution in [0.25, 0.3) is 21.8 Å². The molecule has 2 nitrogen and oxygen atoms in total. The van der Waals surface area contributed by atoms with Gasteiger partial charge in [0.05, 0.1) is 12.1 Å². The van der Waals surface area contributed by atoms with Gasteiger partial charge in [0.2, 0.25) is 0 Å². The summed E-state index contributed by atoms with van der Waals surface area (Å²) in [5.74, 6) is -0.345. The average molecular weight is 243 g/mol. The van der Waals surface area contributed by atoms with Crippen LogP contribution in [-0.4, -0.2) is 9.67 Å². The van der Waals surface area contributed by atoms with Gasteiger partial charge in [0.1, 0.15) is 5.82 Å². The van der Waals surface area contributed by atoms with Crippen LogP contribution in [0.4, 0.5) is 4.39 Å². The average Bonchev–Trinajstić information content (AvgIpc) is 2.70. The summed E-state index contributed by atoms with van der Waals surface area (Å²) in [5.41, 5.74) is 2.33. The highest BCUT2D eigenvalue weighted by molar-refractivity contribution is 6.08. The van der Waals surface area contributed by atoms with Crippen molar-refractivity contribution in [3.05, 3.63) is 47.8 Å². The number of aliphatic hydroxyl groups is 1. The number of hydrogen-bond acceptors (Lipinski definition) is 1. The van der Waals surface area contributed by atoms with Gasteiger partial charge in [-0.05, 0) is 25.1 Å². The first-order valence-corrected chi connectivity index (χ1v) is 6.06. The molecule has 0 spiro atoms. The first kappa shape index (κ1) is 11.2. The molecule has 18 heavy (non-hydrogen) atoms. The largest absolute Gasteiger partial charge is 0.392 e. The minimum absolute atomic E-state index is 0.270. The van der Waals surface area contributed by atoms with Gasteiger partial charge in [-0.25, -0.2) is 4.39 Å². The number of benzene rings is 2. The number of fused-ring (bicyclic) bond motifs is 3. The number of aromatic nitrogens is 1. The Morgan fingerprint density at radius 2 is 1.89 bits per heavy atom. The summed E-state index contributed by atoms with van der Waals surface area (Å²) < 4.78 is 15.9. The van der Waals surface area contributed by atoms with Gasteiger partial charge in [0.15, 0.2) is 0 Å². The quantitative estimate of drug-likeness (QED) is 0.732. The normalized spacial score (nSPS) is 11.5. The van der Waals surface area contributed by atoms with Gasteiger partial charge in [0.25, 0.3) is 0 Å². The molecule has 0 saturated carbocycles. The van der Waals surface area contributed by atoms with E-state index in [1.807, 2.05) is 31.2 Å². The lowest BCUT2D eigenvalue weighted by Gasteiger charge is -2.04. The van der Waals surface area contributed by atoms with Crippen molar-refractivity contribution in [2.24, 2.45) is 0 Å². The molecule has 0 radical (unpaired) electrons. The Balaban J connectivity index is 2.52. The first-order valence-electron chi connectivity index (χ1n) is 6.06. The molecule has 0 amide bonds. The second kappa shape index (κ2) is 4.10. The van der Waals surface area contributed by atoms with Gasteiger partial charge in [-0.1, -0.05) is 18.2 Å². The van der Waals surface area contributed by atoms with E-state index in [2.05, 4.69) is 4.57 Å². The molecule has 2 aromatic carbocycles. The van der Waals surface area contributed by atoms with Crippen LogP contribution in [0.5, 0.6) is 0 Å². The van der Waals surface area contributed by atoms with Gasteiger partial charge < -0.3 is 9.67 Å². The van der Waals surface area contributed by atoms with E-state index in [1.165, 1.54) is 6.07 Å². The van der Waals surface area contributed by atoms with Crippen molar-refractivity contribution >= 4 is 21.8 Å². The third-order valence-electron chi connectivity index (χ3n) is 3.43. The summed E-state index contributed by atoms with van der Waals surface area (Å²) in [6.07, 6.45) is 0. The molecule has 0 atom stereocenters. The zero-order valence-electron chi connectivity index (χ0n) is 10.2.